The highest BCUT2D eigenvalue weighted by atomic mass is 16.5. The van der Waals surface area contributed by atoms with E-state index in [1.54, 1.807) is 24.3 Å². The van der Waals surface area contributed by atoms with Crippen LogP contribution in [0, 0.1) is 0 Å². The van der Waals surface area contributed by atoms with Crippen LogP contribution in [0.2, 0.25) is 0 Å². The molecule has 0 aliphatic carbocycles. The Labute approximate surface area is 150 Å². The summed E-state index contributed by atoms with van der Waals surface area (Å²) < 4.78 is 15.8. The van der Waals surface area contributed by atoms with Gasteiger partial charge in [0, 0.05) is 11.8 Å². The molecule has 6 nitrogen and oxygen atoms in total. The number of methoxy groups -OCH3 is 2. The molecule has 26 heavy (non-hydrogen) atoms. The summed E-state index contributed by atoms with van der Waals surface area (Å²) in [4.78, 5) is 28.0. The first kappa shape index (κ1) is 17.3. The van der Waals surface area contributed by atoms with Gasteiger partial charge in [0.25, 0.3) is 0 Å². The van der Waals surface area contributed by atoms with Gasteiger partial charge in [0.2, 0.25) is 17.1 Å². The highest BCUT2D eigenvalue weighted by molar-refractivity contribution is 6.09. The Morgan fingerprint density at radius 1 is 0.923 bits per heavy atom. The zero-order chi connectivity index (χ0) is 18.5. The number of ketones is 1. The molecule has 132 valence electrons. The van der Waals surface area contributed by atoms with Crippen LogP contribution in [0.3, 0.4) is 0 Å². The molecule has 0 spiro atoms. The van der Waals surface area contributed by atoms with Crippen molar-refractivity contribution in [2.24, 2.45) is 0 Å². The Morgan fingerprint density at radius 2 is 1.65 bits per heavy atom. The molecule has 1 aromatic heterocycles. The van der Waals surface area contributed by atoms with Gasteiger partial charge in [-0.3, -0.25) is 9.59 Å². The van der Waals surface area contributed by atoms with E-state index in [2.05, 4.69) is 4.98 Å². The molecule has 3 rings (SSSR count). The number of nitrogens with one attached hydrogen (secondary N) is 1. The third-order valence-electron chi connectivity index (χ3n) is 3.73. The number of hydrogen-bond acceptors (Lipinski definition) is 5. The topological polar surface area (TPSA) is 77.6 Å². The average Bonchev–Trinajstić information content (AvgIpc) is 2.68. The van der Waals surface area contributed by atoms with Gasteiger partial charge in [0.1, 0.15) is 11.5 Å². The molecule has 0 aliphatic rings. The standard InChI is InChI=1S/C20H17NO5/c1-24-19-18(23)16(12-21-20(19)25-2)17(22)13-7-6-10-15(11-13)26-14-8-4-3-5-9-14/h3-12H,1-2H3,(H,21,23). The van der Waals surface area contributed by atoms with E-state index in [0.717, 1.165) is 0 Å². The van der Waals surface area contributed by atoms with Crippen molar-refractivity contribution in [1.82, 2.24) is 4.98 Å². The molecule has 0 aliphatic heterocycles. The predicted octanol–water partition coefficient (Wildman–Crippen LogP) is 3.42. The Bertz CT molecular complexity index is 979. The maximum Gasteiger partial charge on any atom is 0.238 e. The van der Waals surface area contributed by atoms with Crippen molar-refractivity contribution >= 4 is 5.78 Å². The molecule has 1 N–H and O–H groups in total. The van der Waals surface area contributed by atoms with E-state index in [4.69, 9.17) is 14.2 Å². The lowest BCUT2D eigenvalue weighted by Gasteiger charge is -2.09. The van der Waals surface area contributed by atoms with Gasteiger partial charge >= 0.3 is 0 Å². The summed E-state index contributed by atoms with van der Waals surface area (Å²) in [6.07, 6.45) is 1.32. The number of ether oxygens (including phenoxy) is 3. The number of para-hydroxylation sites is 1. The maximum absolute atomic E-state index is 12.8. The number of pyridine rings is 1. The van der Waals surface area contributed by atoms with Crippen LogP contribution in [-0.4, -0.2) is 25.0 Å². The molecule has 1 heterocycles. The van der Waals surface area contributed by atoms with Crippen LogP contribution in [0.1, 0.15) is 15.9 Å². The van der Waals surface area contributed by atoms with Crippen molar-refractivity contribution in [3.05, 3.63) is 82.1 Å². The number of benzene rings is 2. The van der Waals surface area contributed by atoms with Crippen molar-refractivity contribution in [1.29, 1.82) is 0 Å². The summed E-state index contributed by atoms with van der Waals surface area (Å²) in [7, 11) is 2.75. The number of aromatic amines is 1. The Kier molecular flexibility index (Phi) is 5.03. The highest BCUT2D eigenvalue weighted by Crippen LogP contribution is 2.24. The summed E-state index contributed by atoms with van der Waals surface area (Å²) in [6.45, 7) is 0. The minimum absolute atomic E-state index is 0.0421. The molecule has 0 saturated carbocycles. The first-order valence-corrected chi connectivity index (χ1v) is 7.85. The minimum Gasteiger partial charge on any atom is -0.488 e. The van der Waals surface area contributed by atoms with E-state index in [0.29, 0.717) is 17.1 Å². The van der Waals surface area contributed by atoms with E-state index in [9.17, 15) is 9.59 Å². The van der Waals surface area contributed by atoms with Gasteiger partial charge in [-0.15, -0.1) is 0 Å². The lowest BCUT2D eigenvalue weighted by molar-refractivity contribution is 0.103. The number of H-pyrrole nitrogens is 1. The molecule has 0 amide bonds. The molecule has 2 aromatic carbocycles. The lowest BCUT2D eigenvalue weighted by atomic mass is 10.0. The van der Waals surface area contributed by atoms with Crippen molar-refractivity contribution in [3.63, 3.8) is 0 Å². The van der Waals surface area contributed by atoms with Crippen molar-refractivity contribution in [3.8, 4) is 23.1 Å². The molecular formula is C20H17NO5. The van der Waals surface area contributed by atoms with Crippen LogP contribution in [-0.2, 0) is 0 Å². The van der Waals surface area contributed by atoms with Gasteiger partial charge < -0.3 is 19.2 Å². The van der Waals surface area contributed by atoms with E-state index >= 15 is 0 Å². The van der Waals surface area contributed by atoms with Crippen LogP contribution < -0.4 is 19.6 Å². The summed E-state index contributed by atoms with van der Waals surface area (Å²) >= 11 is 0. The second-order valence-electron chi connectivity index (χ2n) is 5.37. The van der Waals surface area contributed by atoms with Crippen molar-refractivity contribution in [2.45, 2.75) is 0 Å². The van der Waals surface area contributed by atoms with Gasteiger partial charge in [-0.2, -0.15) is 0 Å². The van der Waals surface area contributed by atoms with Gasteiger partial charge in [0.15, 0.2) is 5.78 Å². The molecular weight excluding hydrogens is 334 g/mol. The first-order chi connectivity index (χ1) is 12.6. The van der Waals surface area contributed by atoms with Crippen LogP contribution in [0.25, 0.3) is 0 Å². The SMILES string of the molecule is COc1[nH]cc(C(=O)c2cccc(Oc3ccccc3)c2)c(=O)c1OC. The van der Waals surface area contributed by atoms with Crippen LogP contribution in [0.5, 0.6) is 23.1 Å². The molecule has 0 saturated heterocycles. The molecule has 0 bridgehead atoms. The summed E-state index contributed by atoms with van der Waals surface area (Å²) in [6, 6.07) is 15.9. The van der Waals surface area contributed by atoms with Crippen molar-refractivity contribution in [2.75, 3.05) is 14.2 Å². The number of aromatic nitrogens is 1. The van der Waals surface area contributed by atoms with E-state index < -0.39 is 11.2 Å². The minimum atomic E-state index is -0.539. The molecule has 6 heteroatoms. The first-order valence-electron chi connectivity index (χ1n) is 7.85. The van der Waals surface area contributed by atoms with Crippen LogP contribution in [0.15, 0.2) is 65.6 Å². The average molecular weight is 351 g/mol. The molecule has 0 fully saturated rings. The second kappa shape index (κ2) is 7.57. The fourth-order valence-electron chi connectivity index (χ4n) is 2.48. The highest BCUT2D eigenvalue weighted by Gasteiger charge is 2.19. The zero-order valence-electron chi connectivity index (χ0n) is 14.3. The molecule has 0 radical (unpaired) electrons. The van der Waals surface area contributed by atoms with Gasteiger partial charge in [-0.1, -0.05) is 30.3 Å². The second-order valence-corrected chi connectivity index (χ2v) is 5.37. The quantitative estimate of drug-likeness (QED) is 0.689. The Hall–Kier alpha value is -3.54. The summed E-state index contributed by atoms with van der Waals surface area (Å²) in [5.74, 6) is 0.830. The summed E-state index contributed by atoms with van der Waals surface area (Å²) in [5, 5.41) is 0. The Balaban J connectivity index is 1.94. The normalized spacial score (nSPS) is 10.2. The van der Waals surface area contributed by atoms with Crippen LogP contribution >= 0.6 is 0 Å². The lowest BCUT2D eigenvalue weighted by Crippen LogP contribution is -2.19. The fraction of sp³-hybridized carbons (Fsp3) is 0.100. The fourth-order valence-corrected chi connectivity index (χ4v) is 2.48. The third kappa shape index (κ3) is 3.44. The number of hydrogen-bond donors (Lipinski definition) is 1. The number of rotatable bonds is 6. The smallest absolute Gasteiger partial charge is 0.238 e. The maximum atomic E-state index is 12.8. The van der Waals surface area contributed by atoms with Gasteiger partial charge in [-0.05, 0) is 24.3 Å². The molecule has 3 aromatic rings. The van der Waals surface area contributed by atoms with E-state index in [-0.39, 0.29) is 17.2 Å². The van der Waals surface area contributed by atoms with Crippen LogP contribution in [0.4, 0.5) is 0 Å². The van der Waals surface area contributed by atoms with Crippen molar-refractivity contribution < 1.29 is 19.0 Å². The number of carbonyl (C=O) groups excluding carboxylic acids is 1. The predicted molar refractivity (Wildman–Crippen MR) is 96.6 cm³/mol. The number of carbonyl (C=O) groups is 1. The zero-order valence-corrected chi connectivity index (χ0v) is 14.3. The molecule has 0 atom stereocenters. The molecule has 0 unspecified atom stereocenters. The van der Waals surface area contributed by atoms with E-state index in [1.807, 2.05) is 30.3 Å². The third-order valence-corrected chi connectivity index (χ3v) is 3.73. The largest absolute Gasteiger partial charge is 0.488 e. The monoisotopic (exact) mass is 351 g/mol. The Morgan fingerprint density at radius 3 is 2.35 bits per heavy atom. The summed E-state index contributed by atoms with van der Waals surface area (Å²) in [5.41, 5.74) is -0.252. The van der Waals surface area contributed by atoms with E-state index in [1.165, 1.54) is 20.4 Å². The van der Waals surface area contributed by atoms with Gasteiger partial charge in [0.05, 0.1) is 19.8 Å². The van der Waals surface area contributed by atoms with Gasteiger partial charge in [-0.25, -0.2) is 0 Å².